The van der Waals surface area contributed by atoms with Crippen LogP contribution in [0.3, 0.4) is 0 Å². The Morgan fingerprint density at radius 1 is 1.21 bits per heavy atom. The standard InChI is InChI=1S/C20H29N5O3/c1-4-17-16(18(5-2)28-25-17)12-24-20(22-3)23-11-10-14-6-8-15(9-7-14)27-13-19(21)26/h6-9H,4-5,10-13H2,1-3H3,(H2,21,26)(H2,22,23,24). The van der Waals surface area contributed by atoms with E-state index in [1.165, 1.54) is 0 Å². The van der Waals surface area contributed by atoms with Crippen LogP contribution in [0.25, 0.3) is 0 Å². The van der Waals surface area contributed by atoms with Crippen molar-refractivity contribution in [3.05, 3.63) is 46.8 Å². The number of amides is 1. The van der Waals surface area contributed by atoms with Gasteiger partial charge in [-0.2, -0.15) is 0 Å². The number of carbonyl (C=O) groups excluding carboxylic acids is 1. The summed E-state index contributed by atoms with van der Waals surface area (Å²) in [6.07, 6.45) is 2.48. The number of ether oxygens (including phenoxy) is 1. The van der Waals surface area contributed by atoms with Gasteiger partial charge in [0, 0.05) is 32.1 Å². The Morgan fingerprint density at radius 2 is 1.96 bits per heavy atom. The molecule has 2 aromatic rings. The van der Waals surface area contributed by atoms with Crippen LogP contribution in [0.2, 0.25) is 0 Å². The van der Waals surface area contributed by atoms with Crippen LogP contribution in [0.1, 0.15) is 36.4 Å². The molecule has 0 aliphatic heterocycles. The summed E-state index contributed by atoms with van der Waals surface area (Å²) in [5.41, 5.74) is 8.31. The molecule has 0 unspecified atom stereocenters. The lowest BCUT2D eigenvalue weighted by Gasteiger charge is -2.12. The molecular formula is C20H29N5O3. The quantitative estimate of drug-likeness (QED) is 0.421. The minimum absolute atomic E-state index is 0.116. The van der Waals surface area contributed by atoms with Crippen molar-refractivity contribution >= 4 is 11.9 Å². The third-order valence-electron chi connectivity index (χ3n) is 4.27. The lowest BCUT2D eigenvalue weighted by Crippen LogP contribution is -2.38. The van der Waals surface area contributed by atoms with E-state index < -0.39 is 5.91 Å². The van der Waals surface area contributed by atoms with Crippen molar-refractivity contribution in [3.8, 4) is 5.75 Å². The van der Waals surface area contributed by atoms with Crippen LogP contribution < -0.4 is 21.1 Å². The summed E-state index contributed by atoms with van der Waals surface area (Å²) in [7, 11) is 1.75. The monoisotopic (exact) mass is 387 g/mol. The highest BCUT2D eigenvalue weighted by Crippen LogP contribution is 2.15. The highest BCUT2D eigenvalue weighted by atomic mass is 16.5. The van der Waals surface area contributed by atoms with Gasteiger partial charge in [-0.25, -0.2) is 0 Å². The van der Waals surface area contributed by atoms with Gasteiger partial charge in [0.2, 0.25) is 0 Å². The van der Waals surface area contributed by atoms with E-state index in [0.29, 0.717) is 12.3 Å². The first kappa shape index (κ1) is 21.3. The van der Waals surface area contributed by atoms with E-state index in [-0.39, 0.29) is 6.61 Å². The molecule has 0 bridgehead atoms. The second kappa shape index (κ2) is 11.0. The minimum atomic E-state index is -0.490. The number of nitrogens with one attached hydrogen (secondary N) is 2. The third-order valence-corrected chi connectivity index (χ3v) is 4.27. The first-order valence-corrected chi connectivity index (χ1v) is 9.48. The highest BCUT2D eigenvalue weighted by molar-refractivity contribution is 5.79. The molecule has 0 aliphatic carbocycles. The Morgan fingerprint density at radius 3 is 2.57 bits per heavy atom. The molecule has 152 valence electrons. The van der Waals surface area contributed by atoms with Crippen LogP contribution in [0.15, 0.2) is 33.8 Å². The zero-order valence-corrected chi connectivity index (χ0v) is 16.7. The van der Waals surface area contributed by atoms with E-state index >= 15 is 0 Å². The van der Waals surface area contributed by atoms with Gasteiger partial charge in [0.15, 0.2) is 12.6 Å². The summed E-state index contributed by atoms with van der Waals surface area (Å²) in [5.74, 6) is 1.78. The molecule has 8 heteroatoms. The second-order valence-corrected chi connectivity index (χ2v) is 6.24. The molecule has 8 nitrogen and oxygen atoms in total. The Balaban J connectivity index is 1.80. The van der Waals surface area contributed by atoms with Crippen molar-refractivity contribution in [1.82, 2.24) is 15.8 Å². The summed E-state index contributed by atoms with van der Waals surface area (Å²) in [4.78, 5) is 15.0. The lowest BCUT2D eigenvalue weighted by molar-refractivity contribution is -0.119. The van der Waals surface area contributed by atoms with Crippen LogP contribution in [-0.4, -0.2) is 37.2 Å². The third kappa shape index (κ3) is 6.29. The van der Waals surface area contributed by atoms with Gasteiger partial charge in [-0.05, 0) is 30.5 Å². The van der Waals surface area contributed by atoms with Gasteiger partial charge in [-0.3, -0.25) is 9.79 Å². The Labute approximate surface area is 165 Å². The zero-order valence-electron chi connectivity index (χ0n) is 16.7. The molecule has 0 fully saturated rings. The topological polar surface area (TPSA) is 115 Å². The number of aromatic nitrogens is 1. The van der Waals surface area contributed by atoms with Crippen LogP contribution >= 0.6 is 0 Å². The zero-order chi connectivity index (χ0) is 20.4. The number of nitrogens with two attached hydrogens (primary N) is 1. The van der Waals surface area contributed by atoms with Gasteiger partial charge in [-0.15, -0.1) is 0 Å². The smallest absolute Gasteiger partial charge is 0.255 e. The highest BCUT2D eigenvalue weighted by Gasteiger charge is 2.13. The van der Waals surface area contributed by atoms with E-state index in [2.05, 4.69) is 34.6 Å². The average molecular weight is 387 g/mol. The SMILES string of the molecule is CCc1noc(CC)c1CNC(=NC)NCCc1ccc(OCC(N)=O)cc1. The molecule has 1 aromatic heterocycles. The fourth-order valence-electron chi connectivity index (χ4n) is 2.76. The van der Waals surface area contributed by atoms with Crippen LogP contribution in [0.4, 0.5) is 0 Å². The maximum atomic E-state index is 10.7. The van der Waals surface area contributed by atoms with Crippen molar-refractivity contribution in [2.45, 2.75) is 39.7 Å². The van der Waals surface area contributed by atoms with Gasteiger partial charge in [0.1, 0.15) is 11.5 Å². The maximum Gasteiger partial charge on any atom is 0.255 e. The molecule has 2 rings (SSSR count). The Kier molecular flexibility index (Phi) is 8.33. The number of nitrogens with zero attached hydrogens (tertiary/aromatic N) is 2. The molecule has 1 aromatic carbocycles. The molecule has 0 atom stereocenters. The van der Waals surface area contributed by atoms with Crippen molar-refractivity contribution in [1.29, 1.82) is 0 Å². The molecule has 1 heterocycles. The van der Waals surface area contributed by atoms with E-state index in [0.717, 1.165) is 54.3 Å². The van der Waals surface area contributed by atoms with Crippen molar-refractivity contribution < 1.29 is 14.1 Å². The number of hydrogen-bond acceptors (Lipinski definition) is 5. The lowest BCUT2D eigenvalue weighted by atomic mass is 10.1. The number of aliphatic imine (C=N–C) groups is 1. The Hall–Kier alpha value is -3.03. The molecule has 0 spiro atoms. The number of aryl methyl sites for hydroxylation is 2. The summed E-state index contributed by atoms with van der Waals surface area (Å²) in [6, 6.07) is 7.59. The van der Waals surface area contributed by atoms with E-state index in [1.807, 2.05) is 24.3 Å². The van der Waals surface area contributed by atoms with Gasteiger partial charge in [-0.1, -0.05) is 31.1 Å². The van der Waals surface area contributed by atoms with E-state index in [9.17, 15) is 4.79 Å². The van der Waals surface area contributed by atoms with Crippen molar-refractivity contribution in [2.75, 3.05) is 20.2 Å². The predicted octanol–water partition coefficient (Wildman–Crippen LogP) is 1.57. The fraction of sp³-hybridized carbons (Fsp3) is 0.450. The van der Waals surface area contributed by atoms with Crippen molar-refractivity contribution in [3.63, 3.8) is 0 Å². The number of carbonyl (C=O) groups is 1. The molecule has 1 amide bonds. The van der Waals surface area contributed by atoms with Gasteiger partial charge < -0.3 is 25.6 Å². The largest absolute Gasteiger partial charge is 0.484 e. The van der Waals surface area contributed by atoms with Crippen LogP contribution in [-0.2, 0) is 30.6 Å². The summed E-state index contributed by atoms with van der Waals surface area (Å²) < 4.78 is 10.7. The molecule has 0 aliphatic rings. The van der Waals surface area contributed by atoms with Gasteiger partial charge in [0.25, 0.3) is 5.91 Å². The predicted molar refractivity (Wildman–Crippen MR) is 108 cm³/mol. The van der Waals surface area contributed by atoms with Crippen molar-refractivity contribution in [2.24, 2.45) is 10.7 Å². The van der Waals surface area contributed by atoms with Gasteiger partial charge in [0.05, 0.1) is 5.69 Å². The van der Waals surface area contributed by atoms with Crippen LogP contribution in [0, 0.1) is 0 Å². The fourth-order valence-corrected chi connectivity index (χ4v) is 2.76. The number of benzene rings is 1. The number of primary amides is 1. The first-order chi connectivity index (χ1) is 13.6. The normalized spacial score (nSPS) is 11.3. The second-order valence-electron chi connectivity index (χ2n) is 6.24. The molecule has 4 N–H and O–H groups in total. The summed E-state index contributed by atoms with van der Waals surface area (Å²) in [6.45, 7) is 5.36. The van der Waals surface area contributed by atoms with E-state index in [1.54, 1.807) is 7.05 Å². The number of guanidine groups is 1. The number of rotatable bonds is 10. The number of hydrogen-bond donors (Lipinski definition) is 3. The van der Waals surface area contributed by atoms with Gasteiger partial charge >= 0.3 is 0 Å². The van der Waals surface area contributed by atoms with Crippen LogP contribution in [0.5, 0.6) is 5.75 Å². The average Bonchev–Trinajstić information content (AvgIpc) is 3.11. The summed E-state index contributed by atoms with van der Waals surface area (Å²) in [5, 5.41) is 10.8. The minimum Gasteiger partial charge on any atom is -0.484 e. The molecule has 0 radical (unpaired) electrons. The Bertz CT molecular complexity index is 762. The molecule has 0 saturated heterocycles. The summed E-state index contributed by atoms with van der Waals surface area (Å²) >= 11 is 0. The molecule has 0 saturated carbocycles. The van der Waals surface area contributed by atoms with E-state index in [4.69, 9.17) is 15.0 Å². The molecule has 28 heavy (non-hydrogen) atoms. The maximum absolute atomic E-state index is 10.7. The molecular weight excluding hydrogens is 358 g/mol. The first-order valence-electron chi connectivity index (χ1n) is 9.48.